The van der Waals surface area contributed by atoms with Gasteiger partial charge in [0.15, 0.2) is 0 Å². The van der Waals surface area contributed by atoms with E-state index in [0.29, 0.717) is 16.7 Å². The fraction of sp³-hybridized carbons (Fsp3) is 0.828. The molecule has 2 nitrogen and oxygen atoms in total. The quantitative estimate of drug-likeness (QED) is 0.471. The van der Waals surface area contributed by atoms with Crippen molar-refractivity contribution < 1.29 is 0 Å². The van der Waals surface area contributed by atoms with Gasteiger partial charge in [-0.05, 0) is 110 Å². The maximum atomic E-state index is 5.56. The molecule has 0 bridgehead atoms. The van der Waals surface area contributed by atoms with Gasteiger partial charge in [-0.3, -0.25) is 4.68 Å². The average Bonchev–Trinajstić information content (AvgIpc) is 3.36. The maximum Gasteiger partial charge on any atom is 0.0646 e. The maximum absolute atomic E-state index is 5.56. The summed E-state index contributed by atoms with van der Waals surface area (Å²) in [7, 11) is 0. The lowest BCUT2D eigenvalue weighted by Crippen LogP contribution is -2.54. The van der Waals surface area contributed by atoms with Gasteiger partial charge in [-0.1, -0.05) is 40.0 Å². The molecule has 0 spiro atoms. The molecule has 1 aromatic heterocycles. The molecule has 8 unspecified atom stereocenters. The van der Waals surface area contributed by atoms with E-state index in [1.165, 1.54) is 64.2 Å². The van der Waals surface area contributed by atoms with Crippen molar-refractivity contribution in [2.45, 2.75) is 98.4 Å². The van der Waals surface area contributed by atoms with Gasteiger partial charge in [0.1, 0.15) is 0 Å². The molecule has 4 aliphatic carbocycles. The van der Waals surface area contributed by atoms with Crippen LogP contribution in [0.15, 0.2) is 12.4 Å². The molecule has 2 heteroatoms. The van der Waals surface area contributed by atoms with E-state index in [2.05, 4.69) is 49.6 Å². The highest BCUT2D eigenvalue weighted by atomic mass is 15.3. The van der Waals surface area contributed by atoms with Crippen LogP contribution in [0, 0.1) is 64.6 Å². The van der Waals surface area contributed by atoms with Crippen molar-refractivity contribution in [3.8, 4) is 12.3 Å². The normalized spacial score (nSPS) is 45.3. The molecular formula is C29H44N2. The van der Waals surface area contributed by atoms with Crippen molar-refractivity contribution in [2.75, 3.05) is 0 Å². The Morgan fingerprint density at radius 3 is 2.74 bits per heavy atom. The first-order chi connectivity index (χ1) is 14.9. The van der Waals surface area contributed by atoms with Gasteiger partial charge in [-0.15, -0.1) is 6.42 Å². The third kappa shape index (κ3) is 3.32. The minimum Gasteiger partial charge on any atom is -0.271 e. The van der Waals surface area contributed by atoms with Crippen LogP contribution < -0.4 is 0 Å². The van der Waals surface area contributed by atoms with Crippen molar-refractivity contribution in [1.82, 2.24) is 9.78 Å². The van der Waals surface area contributed by atoms with Gasteiger partial charge < -0.3 is 0 Å². The largest absolute Gasteiger partial charge is 0.271 e. The van der Waals surface area contributed by atoms with E-state index in [1.54, 1.807) is 0 Å². The third-order valence-electron chi connectivity index (χ3n) is 11.3. The predicted octanol–water partition coefficient (Wildman–Crippen LogP) is 7.19. The standard InChI is InChI=1S/C29H44N2/c1-6-22-17-30-31(19-22)18-21(4)25-10-11-26-24-9-8-23-16-20(3)12-15-29(23,7-2)27(24)13-14-28(25,26)5/h1,17,19-21,23-27H,7-16,18H2,2-5H3/t20?,21-,23?,24?,25?,26?,27?,28?,29?/m1/s1. The van der Waals surface area contributed by atoms with Gasteiger partial charge in [-0.25, -0.2) is 0 Å². The number of hydrogen-bond donors (Lipinski definition) is 0. The number of rotatable bonds is 4. The van der Waals surface area contributed by atoms with E-state index in [0.717, 1.165) is 47.6 Å². The summed E-state index contributed by atoms with van der Waals surface area (Å²) in [6.07, 6.45) is 24.3. The zero-order valence-electron chi connectivity index (χ0n) is 20.4. The highest BCUT2D eigenvalue weighted by molar-refractivity contribution is 5.26. The average molecular weight is 421 g/mol. The van der Waals surface area contributed by atoms with E-state index in [1.807, 2.05) is 6.20 Å². The summed E-state index contributed by atoms with van der Waals surface area (Å²) in [5.74, 6) is 9.18. The lowest BCUT2D eigenvalue weighted by molar-refractivity contribution is -0.130. The Bertz CT molecular complexity index is 832. The molecule has 0 aliphatic heterocycles. The minimum atomic E-state index is 0.534. The summed E-state index contributed by atoms with van der Waals surface area (Å²) in [5, 5.41) is 4.54. The number of aromatic nitrogens is 2. The van der Waals surface area contributed by atoms with Gasteiger partial charge in [0.2, 0.25) is 0 Å². The van der Waals surface area contributed by atoms with Gasteiger partial charge in [-0.2, -0.15) is 5.10 Å². The van der Waals surface area contributed by atoms with Gasteiger partial charge in [0.25, 0.3) is 0 Å². The summed E-state index contributed by atoms with van der Waals surface area (Å²) < 4.78 is 2.10. The molecule has 9 atom stereocenters. The summed E-state index contributed by atoms with van der Waals surface area (Å²) in [6, 6.07) is 0. The van der Waals surface area contributed by atoms with Gasteiger partial charge >= 0.3 is 0 Å². The topological polar surface area (TPSA) is 17.8 Å². The van der Waals surface area contributed by atoms with E-state index in [4.69, 9.17) is 6.42 Å². The molecule has 4 saturated carbocycles. The lowest BCUT2D eigenvalue weighted by atomic mass is 9.43. The van der Waals surface area contributed by atoms with Crippen molar-refractivity contribution in [2.24, 2.45) is 52.3 Å². The molecule has 1 aromatic rings. The molecular weight excluding hydrogens is 376 g/mol. The van der Waals surface area contributed by atoms with Gasteiger partial charge in [0, 0.05) is 12.7 Å². The van der Waals surface area contributed by atoms with Crippen molar-refractivity contribution >= 4 is 0 Å². The van der Waals surface area contributed by atoms with Gasteiger partial charge in [0.05, 0.1) is 11.8 Å². The molecule has 0 amide bonds. The Hall–Kier alpha value is -1.23. The Labute approximate surface area is 191 Å². The molecule has 170 valence electrons. The molecule has 0 saturated heterocycles. The summed E-state index contributed by atoms with van der Waals surface area (Å²) in [6.45, 7) is 11.2. The Morgan fingerprint density at radius 2 is 2.00 bits per heavy atom. The van der Waals surface area contributed by atoms with Crippen LogP contribution in [0.2, 0.25) is 0 Å². The SMILES string of the molecule is C#Cc1cnn(C[C@@H](C)C2CCC3C4CCC5CC(C)CCC5(CC)C4CCC32C)c1. The highest BCUT2D eigenvalue weighted by Gasteiger charge is 2.61. The number of hydrogen-bond acceptors (Lipinski definition) is 1. The molecule has 1 heterocycles. The second-order valence-electron chi connectivity index (χ2n) is 12.4. The van der Waals surface area contributed by atoms with Crippen LogP contribution in [0.1, 0.15) is 97.5 Å². The van der Waals surface area contributed by atoms with Crippen LogP contribution in [0.5, 0.6) is 0 Å². The Morgan fingerprint density at radius 1 is 1.16 bits per heavy atom. The first kappa shape index (κ1) is 21.6. The summed E-state index contributed by atoms with van der Waals surface area (Å²) >= 11 is 0. The number of nitrogens with zero attached hydrogens (tertiary/aromatic N) is 2. The number of fused-ring (bicyclic) bond motifs is 5. The van der Waals surface area contributed by atoms with Crippen LogP contribution in [-0.2, 0) is 6.54 Å². The first-order valence-electron chi connectivity index (χ1n) is 13.4. The fourth-order valence-corrected chi connectivity index (χ4v) is 9.91. The highest BCUT2D eigenvalue weighted by Crippen LogP contribution is 2.69. The van der Waals surface area contributed by atoms with E-state index in [-0.39, 0.29) is 0 Å². The second kappa shape index (κ2) is 7.97. The Balaban J connectivity index is 1.35. The first-order valence-corrected chi connectivity index (χ1v) is 13.4. The van der Waals surface area contributed by atoms with Crippen LogP contribution in [0.3, 0.4) is 0 Å². The molecule has 4 aliphatic rings. The van der Waals surface area contributed by atoms with Crippen molar-refractivity contribution in [1.29, 1.82) is 0 Å². The predicted molar refractivity (Wildman–Crippen MR) is 128 cm³/mol. The van der Waals surface area contributed by atoms with E-state index < -0.39 is 0 Å². The second-order valence-corrected chi connectivity index (χ2v) is 12.4. The molecule has 31 heavy (non-hydrogen) atoms. The summed E-state index contributed by atoms with van der Waals surface area (Å²) in [4.78, 5) is 0. The van der Waals surface area contributed by atoms with E-state index in [9.17, 15) is 0 Å². The lowest BCUT2D eigenvalue weighted by Gasteiger charge is -2.62. The molecule has 5 rings (SSSR count). The Kier molecular flexibility index (Phi) is 5.55. The van der Waals surface area contributed by atoms with Crippen LogP contribution in [0.25, 0.3) is 0 Å². The smallest absolute Gasteiger partial charge is 0.0646 e. The zero-order chi connectivity index (χ0) is 21.8. The zero-order valence-corrected chi connectivity index (χ0v) is 20.4. The van der Waals surface area contributed by atoms with Crippen LogP contribution in [-0.4, -0.2) is 9.78 Å². The monoisotopic (exact) mass is 420 g/mol. The molecule has 0 radical (unpaired) electrons. The molecule has 4 fully saturated rings. The van der Waals surface area contributed by atoms with Crippen LogP contribution in [0.4, 0.5) is 0 Å². The van der Waals surface area contributed by atoms with Crippen molar-refractivity contribution in [3.63, 3.8) is 0 Å². The summed E-state index contributed by atoms with van der Waals surface area (Å²) in [5.41, 5.74) is 2.12. The number of terminal acetylenes is 1. The van der Waals surface area contributed by atoms with Crippen molar-refractivity contribution in [3.05, 3.63) is 18.0 Å². The fourth-order valence-electron chi connectivity index (χ4n) is 9.91. The molecule has 0 N–H and O–H groups in total. The molecule has 0 aromatic carbocycles. The third-order valence-corrected chi connectivity index (χ3v) is 11.3. The van der Waals surface area contributed by atoms with E-state index >= 15 is 0 Å². The van der Waals surface area contributed by atoms with Crippen LogP contribution >= 0.6 is 0 Å². The minimum absolute atomic E-state index is 0.534.